The standard InChI is InChI=1S/C22H26ClN3O3/c1-3-14-29-19-7-4-17(15-20(19)28-2)5-9-22(27)26-12-10-25(11-13-26)21-8-6-18(23)16-24-21/h4-9,15-16H,3,10-14H2,1-2H3/b9-5+. The summed E-state index contributed by atoms with van der Waals surface area (Å²) in [6.07, 6.45) is 5.99. The number of benzene rings is 1. The molecule has 0 aliphatic carbocycles. The van der Waals surface area contributed by atoms with E-state index in [1.807, 2.05) is 41.3 Å². The first-order valence-electron chi connectivity index (χ1n) is 9.75. The van der Waals surface area contributed by atoms with Crippen LogP contribution in [0, 0.1) is 0 Å². The molecule has 6 nitrogen and oxygen atoms in total. The Hall–Kier alpha value is -2.73. The molecule has 1 aromatic heterocycles. The Morgan fingerprint density at radius 3 is 2.62 bits per heavy atom. The van der Waals surface area contributed by atoms with Gasteiger partial charge in [0, 0.05) is 38.5 Å². The molecule has 7 heteroatoms. The second-order valence-electron chi connectivity index (χ2n) is 6.74. The molecule has 154 valence electrons. The van der Waals surface area contributed by atoms with Crippen molar-refractivity contribution in [3.63, 3.8) is 0 Å². The van der Waals surface area contributed by atoms with Gasteiger partial charge in [0.05, 0.1) is 18.7 Å². The number of hydrogen-bond acceptors (Lipinski definition) is 5. The molecule has 0 N–H and O–H groups in total. The van der Waals surface area contributed by atoms with Crippen molar-refractivity contribution < 1.29 is 14.3 Å². The summed E-state index contributed by atoms with van der Waals surface area (Å²) in [5.74, 6) is 2.26. The van der Waals surface area contributed by atoms with Crippen LogP contribution in [0.3, 0.4) is 0 Å². The van der Waals surface area contributed by atoms with E-state index in [0.717, 1.165) is 30.9 Å². The van der Waals surface area contributed by atoms with Gasteiger partial charge in [0.1, 0.15) is 5.82 Å². The Bertz CT molecular complexity index is 847. The number of anilines is 1. The van der Waals surface area contributed by atoms with Crippen LogP contribution < -0.4 is 14.4 Å². The van der Waals surface area contributed by atoms with Gasteiger partial charge in [-0.1, -0.05) is 24.6 Å². The predicted octanol–water partition coefficient (Wildman–Crippen LogP) is 3.89. The van der Waals surface area contributed by atoms with Crippen molar-refractivity contribution in [2.75, 3.05) is 44.8 Å². The minimum Gasteiger partial charge on any atom is -0.493 e. The van der Waals surface area contributed by atoms with Crippen molar-refractivity contribution in [1.29, 1.82) is 0 Å². The van der Waals surface area contributed by atoms with Crippen molar-refractivity contribution in [2.45, 2.75) is 13.3 Å². The molecule has 1 aromatic carbocycles. The monoisotopic (exact) mass is 415 g/mol. The van der Waals surface area contributed by atoms with Crippen LogP contribution in [-0.2, 0) is 4.79 Å². The van der Waals surface area contributed by atoms with Gasteiger partial charge in [-0.05, 0) is 42.3 Å². The largest absolute Gasteiger partial charge is 0.493 e. The van der Waals surface area contributed by atoms with Crippen LogP contribution in [0.2, 0.25) is 5.02 Å². The smallest absolute Gasteiger partial charge is 0.246 e. The van der Waals surface area contributed by atoms with Gasteiger partial charge in [-0.15, -0.1) is 0 Å². The number of ether oxygens (including phenoxy) is 2. The highest BCUT2D eigenvalue weighted by molar-refractivity contribution is 6.30. The lowest BCUT2D eigenvalue weighted by Gasteiger charge is -2.34. The van der Waals surface area contributed by atoms with Gasteiger partial charge in [0.2, 0.25) is 5.91 Å². The minimum atomic E-state index is -0.000934. The fraction of sp³-hybridized carbons (Fsp3) is 0.364. The van der Waals surface area contributed by atoms with Crippen LogP contribution >= 0.6 is 11.6 Å². The number of amides is 1. The van der Waals surface area contributed by atoms with E-state index in [4.69, 9.17) is 21.1 Å². The van der Waals surface area contributed by atoms with Crippen molar-refractivity contribution in [1.82, 2.24) is 9.88 Å². The van der Waals surface area contributed by atoms with Gasteiger partial charge in [0.25, 0.3) is 0 Å². The SMILES string of the molecule is CCCOc1ccc(/C=C/C(=O)N2CCN(c3ccc(Cl)cn3)CC2)cc1OC. The number of methoxy groups -OCH3 is 1. The molecule has 29 heavy (non-hydrogen) atoms. The molecule has 1 amide bonds. The maximum atomic E-state index is 12.6. The molecule has 1 aliphatic heterocycles. The van der Waals surface area contributed by atoms with E-state index in [-0.39, 0.29) is 5.91 Å². The average molecular weight is 416 g/mol. The topological polar surface area (TPSA) is 54.9 Å². The summed E-state index contributed by atoms with van der Waals surface area (Å²) in [6.45, 7) is 5.49. The highest BCUT2D eigenvalue weighted by Gasteiger charge is 2.20. The van der Waals surface area contributed by atoms with E-state index in [9.17, 15) is 4.79 Å². The van der Waals surface area contributed by atoms with Crippen LogP contribution in [0.25, 0.3) is 6.08 Å². The molecule has 1 saturated heterocycles. The first-order valence-corrected chi connectivity index (χ1v) is 10.1. The fourth-order valence-corrected chi connectivity index (χ4v) is 3.21. The Morgan fingerprint density at radius 2 is 1.97 bits per heavy atom. The van der Waals surface area contributed by atoms with Crippen LogP contribution in [0.15, 0.2) is 42.6 Å². The minimum absolute atomic E-state index is 0.000934. The molecule has 1 fully saturated rings. The zero-order valence-corrected chi connectivity index (χ0v) is 17.6. The number of nitrogens with zero attached hydrogens (tertiary/aromatic N) is 3. The van der Waals surface area contributed by atoms with E-state index < -0.39 is 0 Å². The Labute approximate surface area is 176 Å². The van der Waals surface area contributed by atoms with Gasteiger partial charge in [-0.25, -0.2) is 4.98 Å². The van der Waals surface area contributed by atoms with E-state index >= 15 is 0 Å². The molecule has 1 aliphatic rings. The quantitative estimate of drug-likeness (QED) is 0.642. The Morgan fingerprint density at radius 1 is 1.17 bits per heavy atom. The van der Waals surface area contributed by atoms with Gasteiger partial charge >= 0.3 is 0 Å². The van der Waals surface area contributed by atoms with Crippen molar-refractivity contribution >= 4 is 29.4 Å². The lowest BCUT2D eigenvalue weighted by molar-refractivity contribution is -0.126. The maximum absolute atomic E-state index is 12.6. The summed E-state index contributed by atoms with van der Waals surface area (Å²) >= 11 is 5.89. The van der Waals surface area contributed by atoms with Crippen LogP contribution in [0.5, 0.6) is 11.5 Å². The summed E-state index contributed by atoms with van der Waals surface area (Å²) in [4.78, 5) is 20.9. The molecule has 0 unspecified atom stereocenters. The second-order valence-corrected chi connectivity index (χ2v) is 7.18. The molecule has 3 rings (SSSR count). The van der Waals surface area contributed by atoms with Crippen LogP contribution in [0.4, 0.5) is 5.82 Å². The third-order valence-corrected chi connectivity index (χ3v) is 4.92. The Kier molecular flexibility index (Phi) is 7.36. The van der Waals surface area contributed by atoms with Crippen LogP contribution in [0.1, 0.15) is 18.9 Å². The molecule has 0 saturated carbocycles. The third kappa shape index (κ3) is 5.64. The first-order chi connectivity index (χ1) is 14.1. The van der Waals surface area contributed by atoms with Gasteiger partial charge in [0.15, 0.2) is 11.5 Å². The number of pyridine rings is 1. The molecule has 0 bridgehead atoms. The van der Waals surface area contributed by atoms with E-state index in [0.29, 0.717) is 36.2 Å². The number of carbonyl (C=O) groups is 1. The number of halogens is 1. The van der Waals surface area contributed by atoms with Crippen molar-refractivity contribution in [3.8, 4) is 11.5 Å². The number of piperazine rings is 1. The molecule has 2 aromatic rings. The average Bonchev–Trinajstić information content (AvgIpc) is 2.77. The highest BCUT2D eigenvalue weighted by atomic mass is 35.5. The number of carbonyl (C=O) groups excluding carboxylic acids is 1. The summed E-state index contributed by atoms with van der Waals surface area (Å²) in [6, 6.07) is 9.40. The molecule has 0 spiro atoms. The normalized spacial score (nSPS) is 14.3. The summed E-state index contributed by atoms with van der Waals surface area (Å²) in [7, 11) is 1.61. The van der Waals surface area contributed by atoms with E-state index in [2.05, 4.69) is 16.8 Å². The second kappa shape index (κ2) is 10.2. The zero-order chi connectivity index (χ0) is 20.6. The first kappa shape index (κ1) is 21.0. The summed E-state index contributed by atoms with van der Waals surface area (Å²) in [5, 5.41) is 0.620. The highest BCUT2D eigenvalue weighted by Crippen LogP contribution is 2.28. The van der Waals surface area contributed by atoms with E-state index in [1.54, 1.807) is 19.4 Å². The van der Waals surface area contributed by atoms with Crippen LogP contribution in [-0.4, -0.2) is 55.7 Å². The number of rotatable bonds is 7. The van der Waals surface area contributed by atoms with E-state index in [1.165, 1.54) is 0 Å². The molecule has 2 heterocycles. The summed E-state index contributed by atoms with van der Waals surface area (Å²) < 4.78 is 11.1. The molecule has 0 radical (unpaired) electrons. The van der Waals surface area contributed by atoms with Gasteiger partial charge < -0.3 is 19.3 Å². The third-order valence-electron chi connectivity index (χ3n) is 4.69. The zero-order valence-electron chi connectivity index (χ0n) is 16.8. The Balaban J connectivity index is 1.56. The molecular weight excluding hydrogens is 390 g/mol. The molecular formula is C22H26ClN3O3. The van der Waals surface area contributed by atoms with Crippen molar-refractivity contribution in [3.05, 3.63) is 53.2 Å². The van der Waals surface area contributed by atoms with Gasteiger partial charge in [-0.2, -0.15) is 0 Å². The summed E-state index contributed by atoms with van der Waals surface area (Å²) in [5.41, 5.74) is 0.892. The number of aromatic nitrogens is 1. The predicted molar refractivity (Wildman–Crippen MR) is 116 cm³/mol. The maximum Gasteiger partial charge on any atom is 0.246 e. The lowest BCUT2D eigenvalue weighted by Crippen LogP contribution is -2.48. The van der Waals surface area contributed by atoms with Gasteiger partial charge in [-0.3, -0.25) is 4.79 Å². The van der Waals surface area contributed by atoms with Crippen molar-refractivity contribution in [2.24, 2.45) is 0 Å². The molecule has 0 atom stereocenters. The number of hydrogen-bond donors (Lipinski definition) is 0. The fourth-order valence-electron chi connectivity index (χ4n) is 3.10. The lowest BCUT2D eigenvalue weighted by atomic mass is 10.2.